The van der Waals surface area contributed by atoms with Crippen molar-refractivity contribution in [1.29, 1.82) is 0 Å². The molecule has 0 unspecified atom stereocenters. The molecular weight excluding hydrogens is 276 g/mol. The Balaban J connectivity index is 2.92. The summed E-state index contributed by atoms with van der Waals surface area (Å²) in [6.45, 7) is 0. The molecule has 0 radical (unpaired) electrons. The number of ether oxygens (including phenoxy) is 1. The van der Waals surface area contributed by atoms with Crippen LogP contribution in [0.4, 0.5) is 0 Å². The fourth-order valence-electron chi connectivity index (χ4n) is 0.880. The van der Waals surface area contributed by atoms with Crippen LogP contribution >= 0.6 is 38.9 Å². The number of carbonyl (C=O) groups is 1. The van der Waals surface area contributed by atoms with Crippen molar-refractivity contribution in [1.82, 2.24) is 0 Å². The van der Waals surface area contributed by atoms with Crippen LogP contribution in [0.15, 0.2) is 5.38 Å². The Kier molecular flexibility index (Phi) is 4.22. The summed E-state index contributed by atoms with van der Waals surface area (Å²) in [5.41, 5.74) is 0.990. The maximum Gasteiger partial charge on any atom is 0.349 e. The van der Waals surface area contributed by atoms with Gasteiger partial charge in [-0.15, -0.1) is 11.3 Å². The van der Waals surface area contributed by atoms with E-state index in [1.54, 1.807) is 0 Å². The van der Waals surface area contributed by atoms with Gasteiger partial charge in [0.1, 0.15) is 4.88 Å². The molecule has 0 aliphatic carbocycles. The Hall–Kier alpha value is -0.0600. The molecule has 0 fully saturated rings. The van der Waals surface area contributed by atoms with Gasteiger partial charge >= 0.3 is 5.97 Å². The second kappa shape index (κ2) is 4.98. The molecule has 5 heteroatoms. The molecule has 0 aliphatic rings. The molecule has 1 rings (SSSR count). The molecule has 0 aliphatic heterocycles. The van der Waals surface area contributed by atoms with Gasteiger partial charge < -0.3 is 4.74 Å². The molecule has 13 heavy (non-hydrogen) atoms. The normalized spacial score (nSPS) is 10.1. The van der Waals surface area contributed by atoms with Gasteiger partial charge in [-0.2, -0.15) is 0 Å². The van der Waals surface area contributed by atoms with E-state index in [0.717, 1.165) is 17.3 Å². The van der Waals surface area contributed by atoms with E-state index in [9.17, 15) is 4.79 Å². The summed E-state index contributed by atoms with van der Waals surface area (Å²) in [7, 11) is 1.35. The van der Waals surface area contributed by atoms with Gasteiger partial charge in [0.25, 0.3) is 0 Å². The number of aryl methyl sites for hydroxylation is 1. The minimum atomic E-state index is -0.365. The number of thiophene rings is 1. The topological polar surface area (TPSA) is 26.3 Å². The van der Waals surface area contributed by atoms with Gasteiger partial charge in [0, 0.05) is 5.33 Å². The monoisotopic (exact) mass is 282 g/mol. The zero-order valence-corrected chi connectivity index (χ0v) is 10.1. The van der Waals surface area contributed by atoms with Crippen molar-refractivity contribution in [2.24, 2.45) is 0 Å². The maximum absolute atomic E-state index is 11.1. The lowest BCUT2D eigenvalue weighted by molar-refractivity contribution is 0.0606. The van der Waals surface area contributed by atoms with Crippen LogP contribution in [0.3, 0.4) is 0 Å². The van der Waals surface area contributed by atoms with Crippen molar-refractivity contribution >= 4 is 44.8 Å². The molecule has 0 saturated heterocycles. The first-order valence-electron chi connectivity index (χ1n) is 3.60. The Morgan fingerprint density at radius 2 is 2.46 bits per heavy atom. The SMILES string of the molecule is COC(=O)c1scc(CCBr)c1Cl. The number of esters is 1. The number of halogens is 2. The van der Waals surface area contributed by atoms with Gasteiger partial charge in [-0.05, 0) is 17.4 Å². The van der Waals surface area contributed by atoms with Gasteiger partial charge in [-0.3, -0.25) is 0 Å². The largest absolute Gasteiger partial charge is 0.465 e. The summed E-state index contributed by atoms with van der Waals surface area (Å²) >= 11 is 10.6. The molecule has 0 bridgehead atoms. The standard InChI is InChI=1S/C8H8BrClO2S/c1-12-8(11)7-6(10)5(2-3-9)4-13-7/h4H,2-3H2,1H3. The summed E-state index contributed by atoms with van der Waals surface area (Å²) in [6, 6.07) is 0. The summed E-state index contributed by atoms with van der Waals surface area (Å²) in [4.78, 5) is 11.6. The minimum absolute atomic E-state index is 0.365. The molecule has 0 atom stereocenters. The molecule has 0 spiro atoms. The van der Waals surface area contributed by atoms with Crippen molar-refractivity contribution in [2.75, 3.05) is 12.4 Å². The molecule has 72 valence electrons. The highest BCUT2D eigenvalue weighted by atomic mass is 79.9. The Labute approximate surface area is 94.0 Å². The molecule has 0 amide bonds. The van der Waals surface area contributed by atoms with E-state index in [0.29, 0.717) is 9.90 Å². The van der Waals surface area contributed by atoms with E-state index in [4.69, 9.17) is 11.6 Å². The van der Waals surface area contributed by atoms with Crippen molar-refractivity contribution < 1.29 is 9.53 Å². The summed E-state index contributed by atoms with van der Waals surface area (Å²) in [5.74, 6) is -0.365. The van der Waals surface area contributed by atoms with E-state index in [2.05, 4.69) is 20.7 Å². The van der Waals surface area contributed by atoms with E-state index >= 15 is 0 Å². The Bertz CT molecular complexity index is 311. The predicted octanol–water partition coefficient (Wildman–Crippen LogP) is 3.13. The molecule has 0 saturated carbocycles. The smallest absolute Gasteiger partial charge is 0.349 e. The predicted molar refractivity (Wildman–Crippen MR) is 58.2 cm³/mol. The van der Waals surface area contributed by atoms with Gasteiger partial charge in [0.2, 0.25) is 0 Å². The van der Waals surface area contributed by atoms with Crippen LogP contribution in [0, 0.1) is 0 Å². The van der Waals surface area contributed by atoms with Gasteiger partial charge in [-0.25, -0.2) is 4.79 Å². The van der Waals surface area contributed by atoms with E-state index < -0.39 is 0 Å². The summed E-state index contributed by atoms with van der Waals surface area (Å²) < 4.78 is 4.58. The van der Waals surface area contributed by atoms with Crippen LogP contribution < -0.4 is 0 Å². The lowest BCUT2D eigenvalue weighted by Crippen LogP contribution is -1.98. The first kappa shape index (κ1) is 11.0. The van der Waals surface area contributed by atoms with E-state index in [1.807, 2.05) is 5.38 Å². The number of hydrogen-bond donors (Lipinski definition) is 0. The second-order valence-electron chi connectivity index (χ2n) is 2.33. The lowest BCUT2D eigenvalue weighted by atomic mass is 10.2. The average Bonchev–Trinajstić information content (AvgIpc) is 2.48. The van der Waals surface area contributed by atoms with Crippen molar-refractivity contribution in [3.63, 3.8) is 0 Å². The number of alkyl halides is 1. The van der Waals surface area contributed by atoms with Gasteiger partial charge in [0.15, 0.2) is 0 Å². The third-order valence-corrected chi connectivity index (χ3v) is 3.48. The third kappa shape index (κ3) is 2.45. The molecule has 1 aromatic heterocycles. The zero-order valence-electron chi connectivity index (χ0n) is 6.97. The zero-order chi connectivity index (χ0) is 9.84. The fraction of sp³-hybridized carbons (Fsp3) is 0.375. The summed E-state index contributed by atoms with van der Waals surface area (Å²) in [6.07, 6.45) is 0.826. The van der Waals surface area contributed by atoms with Crippen LogP contribution in [0.25, 0.3) is 0 Å². The van der Waals surface area contributed by atoms with Crippen LogP contribution in [0.5, 0.6) is 0 Å². The lowest BCUT2D eigenvalue weighted by Gasteiger charge is -1.96. The van der Waals surface area contributed by atoms with E-state index in [1.165, 1.54) is 18.4 Å². The number of carbonyl (C=O) groups excluding carboxylic acids is 1. The number of rotatable bonds is 3. The third-order valence-electron chi connectivity index (χ3n) is 1.53. The second-order valence-corrected chi connectivity index (χ2v) is 4.39. The van der Waals surface area contributed by atoms with Crippen molar-refractivity contribution in [3.05, 3.63) is 20.8 Å². The molecule has 0 aromatic carbocycles. The number of methoxy groups -OCH3 is 1. The first-order valence-corrected chi connectivity index (χ1v) is 5.98. The van der Waals surface area contributed by atoms with Crippen molar-refractivity contribution in [3.8, 4) is 0 Å². The highest BCUT2D eigenvalue weighted by molar-refractivity contribution is 9.09. The van der Waals surface area contributed by atoms with Crippen LogP contribution in [0.1, 0.15) is 15.2 Å². The highest BCUT2D eigenvalue weighted by Gasteiger charge is 2.16. The van der Waals surface area contributed by atoms with Crippen LogP contribution in [0.2, 0.25) is 5.02 Å². The first-order chi connectivity index (χ1) is 6.20. The van der Waals surface area contributed by atoms with Crippen LogP contribution in [-0.4, -0.2) is 18.4 Å². The Morgan fingerprint density at radius 3 is 3.00 bits per heavy atom. The number of hydrogen-bond acceptors (Lipinski definition) is 3. The highest BCUT2D eigenvalue weighted by Crippen LogP contribution is 2.29. The van der Waals surface area contributed by atoms with Crippen LogP contribution in [-0.2, 0) is 11.2 Å². The molecule has 1 aromatic rings. The van der Waals surface area contributed by atoms with Gasteiger partial charge in [-0.1, -0.05) is 27.5 Å². The molecular formula is C8H8BrClO2S. The molecule has 2 nitrogen and oxygen atoms in total. The van der Waals surface area contributed by atoms with Gasteiger partial charge in [0.05, 0.1) is 12.1 Å². The molecule has 0 N–H and O–H groups in total. The minimum Gasteiger partial charge on any atom is -0.465 e. The van der Waals surface area contributed by atoms with Crippen molar-refractivity contribution in [2.45, 2.75) is 6.42 Å². The average molecular weight is 284 g/mol. The quantitative estimate of drug-likeness (QED) is 0.629. The Morgan fingerprint density at radius 1 is 1.77 bits per heavy atom. The summed E-state index contributed by atoms with van der Waals surface area (Å²) in [5, 5.41) is 3.25. The molecule has 1 heterocycles. The fourth-order valence-corrected chi connectivity index (χ4v) is 2.64. The van der Waals surface area contributed by atoms with E-state index in [-0.39, 0.29) is 5.97 Å². The maximum atomic E-state index is 11.1.